The molecular formula is C16H16N2S2. The van der Waals surface area contributed by atoms with Crippen molar-refractivity contribution in [3.63, 3.8) is 0 Å². The summed E-state index contributed by atoms with van der Waals surface area (Å²) in [7, 11) is 0. The number of nitrogens with zero attached hydrogens (tertiary/aromatic N) is 2. The number of allylic oxidation sites excluding steroid dienone is 1. The van der Waals surface area contributed by atoms with Gasteiger partial charge in [0.05, 0.1) is 5.69 Å². The maximum absolute atomic E-state index is 4.81. The topological polar surface area (TPSA) is 25.8 Å². The van der Waals surface area contributed by atoms with E-state index >= 15 is 0 Å². The van der Waals surface area contributed by atoms with Gasteiger partial charge in [0.15, 0.2) is 0 Å². The number of fused-ring (bicyclic) bond motifs is 3. The molecule has 0 aliphatic heterocycles. The summed E-state index contributed by atoms with van der Waals surface area (Å²) in [6, 6.07) is 4.06. The van der Waals surface area contributed by atoms with Gasteiger partial charge in [-0.15, -0.1) is 11.3 Å². The smallest absolute Gasteiger partial charge is 0.125 e. The molecule has 20 heavy (non-hydrogen) atoms. The average Bonchev–Trinajstić information content (AvgIpc) is 2.81. The fraction of sp³-hybridized carbons (Fsp3) is 0.375. The molecule has 2 heterocycles. The van der Waals surface area contributed by atoms with Gasteiger partial charge in [-0.1, -0.05) is 6.92 Å². The number of hydrogen-bond donors (Lipinski definition) is 0. The average molecular weight is 300 g/mol. The lowest BCUT2D eigenvalue weighted by Gasteiger charge is -2.15. The summed E-state index contributed by atoms with van der Waals surface area (Å²) in [6.07, 6.45) is 8.22. The van der Waals surface area contributed by atoms with Crippen LogP contribution in [0.5, 0.6) is 0 Å². The first kappa shape index (κ1) is 12.6. The predicted molar refractivity (Wildman–Crippen MR) is 87.2 cm³/mol. The van der Waals surface area contributed by atoms with Crippen molar-refractivity contribution in [3.8, 4) is 10.6 Å². The van der Waals surface area contributed by atoms with E-state index in [-0.39, 0.29) is 5.41 Å². The first-order chi connectivity index (χ1) is 9.61. The molecule has 0 amide bonds. The van der Waals surface area contributed by atoms with Crippen LogP contribution >= 0.6 is 23.1 Å². The Kier molecular flexibility index (Phi) is 2.49. The van der Waals surface area contributed by atoms with Crippen molar-refractivity contribution in [2.24, 2.45) is 5.41 Å². The molecule has 2 aliphatic rings. The van der Waals surface area contributed by atoms with Gasteiger partial charge in [0.1, 0.15) is 5.01 Å². The van der Waals surface area contributed by atoms with Crippen LogP contribution in [-0.4, -0.2) is 22.0 Å². The van der Waals surface area contributed by atoms with Crippen molar-refractivity contribution >= 4 is 29.2 Å². The monoisotopic (exact) mass is 300 g/mol. The van der Waals surface area contributed by atoms with E-state index in [9.17, 15) is 0 Å². The van der Waals surface area contributed by atoms with E-state index in [1.807, 2.05) is 35.4 Å². The second kappa shape index (κ2) is 3.95. The molecule has 0 saturated heterocycles. The quantitative estimate of drug-likeness (QED) is 0.848. The van der Waals surface area contributed by atoms with Gasteiger partial charge in [-0.3, -0.25) is 4.98 Å². The molecule has 2 aromatic heterocycles. The third-order valence-corrected chi connectivity index (χ3v) is 7.11. The number of hydrogen-bond acceptors (Lipinski definition) is 4. The van der Waals surface area contributed by atoms with E-state index in [1.165, 1.54) is 16.3 Å². The van der Waals surface area contributed by atoms with Crippen LogP contribution in [0.1, 0.15) is 24.4 Å². The lowest BCUT2D eigenvalue weighted by Crippen LogP contribution is -2.14. The normalized spacial score (nSPS) is 29.9. The number of thioether (sulfide) groups is 1. The van der Waals surface area contributed by atoms with Crippen molar-refractivity contribution in [3.05, 3.63) is 40.7 Å². The van der Waals surface area contributed by atoms with Crippen molar-refractivity contribution in [2.45, 2.75) is 19.3 Å². The highest BCUT2D eigenvalue weighted by Gasteiger charge is 2.70. The molecule has 1 saturated carbocycles. The van der Waals surface area contributed by atoms with Gasteiger partial charge in [0.25, 0.3) is 0 Å². The summed E-state index contributed by atoms with van der Waals surface area (Å²) in [5, 5.41) is 1.10. The fourth-order valence-corrected chi connectivity index (χ4v) is 5.86. The molecule has 1 fully saturated rings. The molecule has 0 N–H and O–H groups in total. The lowest BCUT2D eigenvalue weighted by atomic mass is 9.95. The molecule has 4 heteroatoms. The molecule has 102 valence electrons. The Morgan fingerprint density at radius 2 is 2.20 bits per heavy atom. The third-order valence-electron chi connectivity index (χ3n) is 4.90. The van der Waals surface area contributed by atoms with Crippen LogP contribution in [0.25, 0.3) is 16.6 Å². The molecule has 0 radical (unpaired) electrons. The largest absolute Gasteiger partial charge is 0.264 e. The number of rotatable bonds is 3. The second-order valence-electron chi connectivity index (χ2n) is 5.92. The van der Waals surface area contributed by atoms with Gasteiger partial charge >= 0.3 is 0 Å². The number of aromatic nitrogens is 2. The van der Waals surface area contributed by atoms with Crippen LogP contribution in [0, 0.1) is 5.41 Å². The first-order valence-electron chi connectivity index (χ1n) is 6.74. The van der Waals surface area contributed by atoms with Crippen LogP contribution < -0.4 is 0 Å². The van der Waals surface area contributed by atoms with Gasteiger partial charge in [-0.25, -0.2) is 4.98 Å². The highest BCUT2D eigenvalue weighted by Crippen LogP contribution is 2.75. The van der Waals surface area contributed by atoms with Gasteiger partial charge in [0, 0.05) is 39.4 Å². The molecule has 2 aromatic rings. The van der Waals surface area contributed by atoms with Crippen molar-refractivity contribution in [1.82, 2.24) is 9.97 Å². The Hall–Kier alpha value is -1.13. The minimum atomic E-state index is 0.226. The first-order valence-corrected chi connectivity index (χ1v) is 8.95. The molecular weight excluding hydrogens is 284 g/mol. The number of thiazole rings is 1. The zero-order valence-electron chi connectivity index (χ0n) is 11.8. The summed E-state index contributed by atoms with van der Waals surface area (Å²) >= 11 is 3.78. The standard InChI is InChI=1S/C16H16N2S2/c1-15(9-19-3)12-7-11-13(16(12,15)2)20-14(18-11)10-5-4-6-17-8-10/h4-8H,9H2,1-3H3. The molecule has 4 rings (SSSR count). The predicted octanol–water partition coefficient (Wildman–Crippen LogP) is 4.24. The maximum atomic E-state index is 4.81. The van der Waals surface area contributed by atoms with Gasteiger partial charge in [-0.2, -0.15) is 11.8 Å². The molecule has 0 bridgehead atoms. The minimum Gasteiger partial charge on any atom is -0.264 e. The van der Waals surface area contributed by atoms with Gasteiger partial charge in [0.2, 0.25) is 0 Å². The Morgan fingerprint density at radius 3 is 2.90 bits per heavy atom. The summed E-state index contributed by atoms with van der Waals surface area (Å²) in [6.45, 7) is 4.77. The molecule has 0 aromatic carbocycles. The van der Waals surface area contributed by atoms with E-state index in [2.05, 4.69) is 37.2 Å². The summed E-state index contributed by atoms with van der Waals surface area (Å²) in [5.74, 6) is 1.19. The van der Waals surface area contributed by atoms with E-state index in [1.54, 1.807) is 11.8 Å². The SMILES string of the molecule is CSCC1(C)C2=Cc3nc(-c4cccnc4)sc3C21C. The third kappa shape index (κ3) is 1.36. The Bertz CT molecular complexity index is 719. The lowest BCUT2D eigenvalue weighted by molar-refractivity contribution is 0.545. The van der Waals surface area contributed by atoms with Crippen LogP contribution in [0.2, 0.25) is 0 Å². The second-order valence-corrected chi connectivity index (χ2v) is 7.79. The molecule has 2 aliphatic carbocycles. The van der Waals surface area contributed by atoms with E-state index in [0.29, 0.717) is 5.41 Å². The van der Waals surface area contributed by atoms with Crippen LogP contribution in [0.15, 0.2) is 30.1 Å². The highest BCUT2D eigenvalue weighted by atomic mass is 32.2. The van der Waals surface area contributed by atoms with E-state index in [4.69, 9.17) is 4.98 Å². The minimum absolute atomic E-state index is 0.226. The van der Waals surface area contributed by atoms with Crippen molar-refractivity contribution in [1.29, 1.82) is 0 Å². The van der Waals surface area contributed by atoms with Crippen LogP contribution in [-0.2, 0) is 5.41 Å². The molecule has 2 atom stereocenters. The maximum Gasteiger partial charge on any atom is 0.125 e. The zero-order valence-corrected chi connectivity index (χ0v) is 13.4. The Balaban J connectivity index is 1.77. The van der Waals surface area contributed by atoms with E-state index in [0.717, 1.165) is 10.6 Å². The van der Waals surface area contributed by atoms with Crippen LogP contribution in [0.3, 0.4) is 0 Å². The molecule has 0 spiro atoms. The summed E-state index contributed by atoms with van der Waals surface area (Å²) in [5.41, 5.74) is 4.44. The molecule has 2 unspecified atom stereocenters. The zero-order chi connectivity index (χ0) is 14.0. The Morgan fingerprint density at radius 1 is 1.35 bits per heavy atom. The Labute approximate surface area is 127 Å². The summed E-state index contributed by atoms with van der Waals surface area (Å²) in [4.78, 5) is 10.5. The number of pyridine rings is 1. The summed E-state index contributed by atoms with van der Waals surface area (Å²) < 4.78 is 0. The fourth-order valence-electron chi connectivity index (χ4n) is 3.51. The molecule has 2 nitrogen and oxygen atoms in total. The van der Waals surface area contributed by atoms with Crippen molar-refractivity contribution < 1.29 is 0 Å². The van der Waals surface area contributed by atoms with Gasteiger partial charge in [-0.05, 0) is 37.0 Å². The van der Waals surface area contributed by atoms with Crippen LogP contribution in [0.4, 0.5) is 0 Å². The van der Waals surface area contributed by atoms with Crippen molar-refractivity contribution in [2.75, 3.05) is 12.0 Å². The van der Waals surface area contributed by atoms with Gasteiger partial charge < -0.3 is 0 Å². The van der Waals surface area contributed by atoms with E-state index < -0.39 is 0 Å². The highest BCUT2D eigenvalue weighted by molar-refractivity contribution is 7.98.